The predicted octanol–water partition coefficient (Wildman–Crippen LogP) is 2.61. The van der Waals surface area contributed by atoms with Crippen LogP contribution in [0.1, 0.15) is 5.56 Å². The van der Waals surface area contributed by atoms with E-state index < -0.39 is 40.3 Å². The van der Waals surface area contributed by atoms with Crippen LogP contribution in [0.15, 0.2) is 6.20 Å². The minimum Gasteiger partial charge on any atom is -0.501 e. The quantitative estimate of drug-likeness (QED) is 0.514. The number of halogens is 6. The van der Waals surface area contributed by atoms with Crippen molar-refractivity contribution in [2.75, 3.05) is 0 Å². The molecule has 1 aromatic rings. The highest BCUT2D eigenvalue weighted by Gasteiger charge is 2.47. The second kappa shape index (κ2) is 4.44. The van der Waals surface area contributed by atoms with Gasteiger partial charge in [-0.15, -0.1) is 13.2 Å². The van der Waals surface area contributed by atoms with Gasteiger partial charge in [0.05, 0.1) is 11.1 Å². The molecule has 0 radical (unpaired) electrons. The van der Waals surface area contributed by atoms with Crippen LogP contribution >= 0.6 is 0 Å². The van der Waals surface area contributed by atoms with Gasteiger partial charge in [0, 0.05) is 0 Å². The van der Waals surface area contributed by atoms with E-state index >= 15 is 0 Å². The lowest BCUT2D eigenvalue weighted by atomic mass is 10.2. The Balaban J connectivity index is 3.57. The number of pyridine rings is 1. The highest BCUT2D eigenvalue weighted by molar-refractivity contribution is 5.56. The Hall–Kier alpha value is -2.27. The lowest BCUT2D eigenvalue weighted by Gasteiger charge is -2.14. The summed E-state index contributed by atoms with van der Waals surface area (Å²) >= 11 is 0. The third-order valence-electron chi connectivity index (χ3n) is 1.68. The molecule has 106 valence electrons. The van der Waals surface area contributed by atoms with E-state index in [1.165, 1.54) is 0 Å². The number of aromatic hydroxyl groups is 1. The van der Waals surface area contributed by atoms with Gasteiger partial charge in [0.1, 0.15) is 0 Å². The molecule has 1 rings (SSSR count). The van der Waals surface area contributed by atoms with Gasteiger partial charge in [0.2, 0.25) is 11.6 Å². The summed E-state index contributed by atoms with van der Waals surface area (Å²) in [5.41, 5.74) is -4.39. The molecule has 12 heteroatoms. The van der Waals surface area contributed by atoms with Crippen molar-refractivity contribution in [2.24, 2.45) is 0 Å². The molecule has 0 saturated carbocycles. The molecule has 6 nitrogen and oxygen atoms in total. The van der Waals surface area contributed by atoms with E-state index in [4.69, 9.17) is 5.11 Å². The van der Waals surface area contributed by atoms with Gasteiger partial charge in [-0.05, 0) is 0 Å². The second-order valence-electron chi connectivity index (χ2n) is 2.97. The first-order chi connectivity index (χ1) is 8.43. The standard InChI is InChI=1S/C7H2F6N2O4/c8-6(9,10)3-4(15(17)18)2(16)1-14-5(3)19-7(11,12)13/h1,16H. The molecule has 0 saturated heterocycles. The van der Waals surface area contributed by atoms with Crippen molar-refractivity contribution >= 4 is 5.69 Å². The third kappa shape index (κ3) is 3.35. The van der Waals surface area contributed by atoms with Gasteiger partial charge in [-0.2, -0.15) is 13.2 Å². The maximum Gasteiger partial charge on any atom is 0.574 e. The van der Waals surface area contributed by atoms with Crippen LogP contribution < -0.4 is 4.74 Å². The molecular weight excluding hydrogens is 290 g/mol. The topological polar surface area (TPSA) is 85.5 Å². The highest BCUT2D eigenvalue weighted by Crippen LogP contribution is 2.46. The number of rotatable bonds is 2. The average Bonchev–Trinajstić information content (AvgIpc) is 2.15. The smallest absolute Gasteiger partial charge is 0.501 e. The van der Waals surface area contributed by atoms with Gasteiger partial charge >= 0.3 is 18.2 Å². The number of aromatic nitrogens is 1. The van der Waals surface area contributed by atoms with Crippen LogP contribution in [-0.2, 0) is 6.18 Å². The fourth-order valence-electron chi connectivity index (χ4n) is 1.10. The average molecular weight is 292 g/mol. The second-order valence-corrected chi connectivity index (χ2v) is 2.97. The van der Waals surface area contributed by atoms with Crippen molar-refractivity contribution in [1.82, 2.24) is 4.98 Å². The van der Waals surface area contributed by atoms with Gasteiger partial charge in [-0.25, -0.2) is 4.98 Å². The van der Waals surface area contributed by atoms with E-state index in [1.807, 2.05) is 0 Å². The Morgan fingerprint density at radius 1 is 1.26 bits per heavy atom. The van der Waals surface area contributed by atoms with Gasteiger partial charge in [-0.1, -0.05) is 0 Å². The third-order valence-corrected chi connectivity index (χ3v) is 1.68. The van der Waals surface area contributed by atoms with Gasteiger partial charge in [-0.3, -0.25) is 10.1 Å². The van der Waals surface area contributed by atoms with Crippen LogP contribution in [0.25, 0.3) is 0 Å². The van der Waals surface area contributed by atoms with Crippen LogP contribution in [-0.4, -0.2) is 21.4 Å². The van der Waals surface area contributed by atoms with E-state index in [9.17, 15) is 36.5 Å². The van der Waals surface area contributed by atoms with Crippen molar-refractivity contribution in [3.05, 3.63) is 21.9 Å². The maximum atomic E-state index is 12.5. The van der Waals surface area contributed by atoms with Crippen LogP contribution in [0.4, 0.5) is 32.0 Å². The number of hydrogen-bond donors (Lipinski definition) is 1. The van der Waals surface area contributed by atoms with Crippen LogP contribution in [0.5, 0.6) is 11.6 Å². The number of hydrogen-bond acceptors (Lipinski definition) is 5. The molecule has 0 bridgehead atoms. The largest absolute Gasteiger partial charge is 0.574 e. The summed E-state index contributed by atoms with van der Waals surface area (Å²) in [6, 6.07) is 0. The number of ether oxygens (including phenoxy) is 1. The molecule has 1 heterocycles. The van der Waals surface area contributed by atoms with E-state index in [0.717, 1.165) is 0 Å². The van der Waals surface area contributed by atoms with Crippen molar-refractivity contribution in [3.63, 3.8) is 0 Å². The first-order valence-electron chi connectivity index (χ1n) is 4.12. The minimum atomic E-state index is -5.57. The SMILES string of the molecule is O=[N+]([O-])c1c(O)cnc(OC(F)(F)F)c1C(F)(F)F. The zero-order valence-corrected chi connectivity index (χ0v) is 8.41. The number of nitrogens with zero attached hydrogens (tertiary/aromatic N) is 2. The Morgan fingerprint density at radius 3 is 2.16 bits per heavy atom. The molecular formula is C7H2F6N2O4. The zero-order valence-electron chi connectivity index (χ0n) is 8.41. The molecule has 0 fully saturated rings. The maximum absolute atomic E-state index is 12.5. The van der Waals surface area contributed by atoms with Gasteiger partial charge in [0.15, 0.2) is 5.56 Å². The van der Waals surface area contributed by atoms with E-state index in [-0.39, 0.29) is 6.20 Å². The lowest BCUT2D eigenvalue weighted by Crippen LogP contribution is -2.22. The first kappa shape index (κ1) is 14.8. The molecule has 0 spiro atoms. The Morgan fingerprint density at radius 2 is 1.79 bits per heavy atom. The Bertz CT molecular complexity index is 512. The molecule has 0 atom stereocenters. The molecule has 1 aromatic heterocycles. The summed E-state index contributed by atoms with van der Waals surface area (Å²) in [6.45, 7) is 0. The number of nitro groups is 1. The van der Waals surface area contributed by atoms with Crippen LogP contribution in [0, 0.1) is 10.1 Å². The Kier molecular flexibility index (Phi) is 3.45. The minimum absolute atomic E-state index is 0.0500. The normalized spacial score (nSPS) is 12.3. The zero-order chi connectivity index (χ0) is 15.0. The predicted molar refractivity (Wildman–Crippen MR) is 44.2 cm³/mol. The molecule has 0 aromatic carbocycles. The van der Waals surface area contributed by atoms with Crippen LogP contribution in [0.3, 0.4) is 0 Å². The van der Waals surface area contributed by atoms with Crippen LogP contribution in [0.2, 0.25) is 0 Å². The van der Waals surface area contributed by atoms with Crippen molar-refractivity contribution in [1.29, 1.82) is 0 Å². The van der Waals surface area contributed by atoms with Gasteiger partial charge < -0.3 is 9.84 Å². The molecule has 0 aliphatic heterocycles. The summed E-state index contributed by atoms with van der Waals surface area (Å²) in [5.74, 6) is -3.60. The number of alkyl halides is 6. The molecule has 19 heavy (non-hydrogen) atoms. The molecule has 0 amide bonds. The molecule has 1 N–H and O–H groups in total. The monoisotopic (exact) mass is 292 g/mol. The summed E-state index contributed by atoms with van der Waals surface area (Å²) in [7, 11) is 0. The lowest BCUT2D eigenvalue weighted by molar-refractivity contribution is -0.389. The highest BCUT2D eigenvalue weighted by atomic mass is 19.4. The van der Waals surface area contributed by atoms with Crippen molar-refractivity contribution < 1.29 is 41.1 Å². The van der Waals surface area contributed by atoms with E-state index in [1.54, 1.807) is 0 Å². The molecule has 0 aliphatic carbocycles. The summed E-state index contributed by atoms with van der Waals surface area (Å²) in [6.07, 6.45) is -11.1. The molecule has 0 unspecified atom stereocenters. The van der Waals surface area contributed by atoms with Gasteiger partial charge in [0.25, 0.3) is 0 Å². The van der Waals surface area contributed by atoms with E-state index in [0.29, 0.717) is 0 Å². The first-order valence-corrected chi connectivity index (χ1v) is 4.12. The van der Waals surface area contributed by atoms with Crippen molar-refractivity contribution in [2.45, 2.75) is 12.5 Å². The Labute approximate surface area is 98.9 Å². The summed E-state index contributed by atoms with van der Waals surface area (Å²) in [5, 5.41) is 19.3. The summed E-state index contributed by atoms with van der Waals surface area (Å²) < 4.78 is 76.2. The van der Waals surface area contributed by atoms with E-state index in [2.05, 4.69) is 9.72 Å². The fourth-order valence-corrected chi connectivity index (χ4v) is 1.10. The summed E-state index contributed by atoms with van der Waals surface area (Å²) in [4.78, 5) is 11.3. The van der Waals surface area contributed by atoms with Crippen molar-refractivity contribution in [3.8, 4) is 11.6 Å². The molecule has 0 aliphatic rings. The fraction of sp³-hybridized carbons (Fsp3) is 0.286.